The summed E-state index contributed by atoms with van der Waals surface area (Å²) >= 11 is 1.46. The summed E-state index contributed by atoms with van der Waals surface area (Å²) in [6, 6.07) is 8.81. The van der Waals surface area contributed by atoms with E-state index >= 15 is 0 Å². The molecular formula is C15H14N2O2S. The number of nitrogens with one attached hydrogen (secondary N) is 1. The van der Waals surface area contributed by atoms with Crippen LogP contribution in [0.25, 0.3) is 0 Å². The van der Waals surface area contributed by atoms with Crippen molar-refractivity contribution in [2.75, 3.05) is 12.4 Å². The van der Waals surface area contributed by atoms with Crippen molar-refractivity contribution in [3.05, 3.63) is 45.1 Å². The average Bonchev–Trinajstić information content (AvgIpc) is 2.79. The van der Waals surface area contributed by atoms with Crippen LogP contribution in [0.15, 0.2) is 24.3 Å². The SMILES string of the molecule is COc1cc(C#N)ccc1NC(=O)c1cc(C)c(C)s1. The first kappa shape index (κ1) is 14.1. The number of amides is 1. The van der Waals surface area contributed by atoms with Crippen LogP contribution in [-0.2, 0) is 0 Å². The zero-order chi connectivity index (χ0) is 14.7. The van der Waals surface area contributed by atoms with Crippen LogP contribution >= 0.6 is 11.3 Å². The molecule has 0 bridgehead atoms. The highest BCUT2D eigenvalue weighted by Crippen LogP contribution is 2.27. The number of hydrogen-bond acceptors (Lipinski definition) is 4. The van der Waals surface area contributed by atoms with Crippen molar-refractivity contribution in [3.63, 3.8) is 0 Å². The zero-order valence-electron chi connectivity index (χ0n) is 11.5. The van der Waals surface area contributed by atoms with Gasteiger partial charge in [0.05, 0.1) is 29.3 Å². The third kappa shape index (κ3) is 2.81. The second-order valence-electron chi connectivity index (χ2n) is 4.33. The Labute approximate surface area is 121 Å². The van der Waals surface area contributed by atoms with Crippen molar-refractivity contribution < 1.29 is 9.53 Å². The molecule has 4 nitrogen and oxygen atoms in total. The van der Waals surface area contributed by atoms with Crippen molar-refractivity contribution in [2.24, 2.45) is 0 Å². The monoisotopic (exact) mass is 286 g/mol. The number of hydrogen-bond donors (Lipinski definition) is 1. The predicted octanol–water partition coefficient (Wildman–Crippen LogP) is 3.50. The van der Waals surface area contributed by atoms with Gasteiger partial charge in [-0.3, -0.25) is 4.79 Å². The molecule has 0 aliphatic carbocycles. The maximum absolute atomic E-state index is 12.2. The Morgan fingerprint density at radius 2 is 2.10 bits per heavy atom. The lowest BCUT2D eigenvalue weighted by atomic mass is 10.2. The molecule has 0 aliphatic heterocycles. The molecule has 0 saturated carbocycles. The van der Waals surface area contributed by atoms with Crippen LogP contribution in [0.5, 0.6) is 5.75 Å². The summed E-state index contributed by atoms with van der Waals surface area (Å²) in [5, 5.41) is 11.7. The van der Waals surface area contributed by atoms with E-state index in [1.54, 1.807) is 18.2 Å². The highest BCUT2D eigenvalue weighted by atomic mass is 32.1. The molecule has 2 rings (SSSR count). The van der Waals surface area contributed by atoms with Gasteiger partial charge < -0.3 is 10.1 Å². The molecule has 1 aromatic heterocycles. The summed E-state index contributed by atoms with van der Waals surface area (Å²) in [6.45, 7) is 3.96. The summed E-state index contributed by atoms with van der Waals surface area (Å²) in [7, 11) is 1.51. The summed E-state index contributed by atoms with van der Waals surface area (Å²) in [5.74, 6) is 0.302. The van der Waals surface area contributed by atoms with Gasteiger partial charge in [-0.05, 0) is 37.6 Å². The lowest BCUT2D eigenvalue weighted by Crippen LogP contribution is -2.11. The summed E-state index contributed by atoms with van der Waals surface area (Å²) in [6.07, 6.45) is 0. The molecule has 2 aromatic rings. The Bertz CT molecular complexity index is 679. The third-order valence-electron chi connectivity index (χ3n) is 2.97. The molecule has 0 aliphatic rings. The predicted molar refractivity (Wildman–Crippen MR) is 79.5 cm³/mol. The Hall–Kier alpha value is -2.32. The molecule has 0 unspecified atom stereocenters. The van der Waals surface area contributed by atoms with E-state index in [-0.39, 0.29) is 5.91 Å². The van der Waals surface area contributed by atoms with Crippen molar-refractivity contribution in [3.8, 4) is 11.8 Å². The molecular weight excluding hydrogens is 272 g/mol. The standard InChI is InChI=1S/C15H14N2O2S/c1-9-6-14(20-10(9)2)15(18)17-12-5-4-11(8-16)7-13(12)19-3/h4-7H,1-3H3,(H,17,18). The molecule has 1 aromatic carbocycles. The number of rotatable bonds is 3. The van der Waals surface area contributed by atoms with Crippen LogP contribution in [0.1, 0.15) is 25.7 Å². The summed E-state index contributed by atoms with van der Waals surface area (Å²) in [4.78, 5) is 14.0. The number of carbonyl (C=O) groups is 1. The van der Waals surface area contributed by atoms with Gasteiger partial charge in [-0.15, -0.1) is 11.3 Å². The number of nitrogens with zero attached hydrogens (tertiary/aromatic N) is 1. The first-order valence-corrected chi connectivity index (χ1v) is 6.83. The maximum Gasteiger partial charge on any atom is 0.265 e. The van der Waals surface area contributed by atoms with Gasteiger partial charge in [0, 0.05) is 10.9 Å². The fourth-order valence-corrected chi connectivity index (χ4v) is 2.66. The molecule has 102 valence electrons. The Morgan fingerprint density at radius 3 is 2.65 bits per heavy atom. The van der Waals surface area contributed by atoms with Crippen LogP contribution in [-0.4, -0.2) is 13.0 Å². The van der Waals surface area contributed by atoms with E-state index in [2.05, 4.69) is 5.32 Å². The number of anilines is 1. The molecule has 20 heavy (non-hydrogen) atoms. The van der Waals surface area contributed by atoms with E-state index < -0.39 is 0 Å². The smallest absolute Gasteiger partial charge is 0.265 e. The van der Waals surface area contributed by atoms with Crippen LogP contribution in [0.4, 0.5) is 5.69 Å². The van der Waals surface area contributed by atoms with E-state index in [1.165, 1.54) is 18.4 Å². The van der Waals surface area contributed by atoms with Crippen molar-refractivity contribution >= 4 is 22.9 Å². The summed E-state index contributed by atoms with van der Waals surface area (Å²) < 4.78 is 5.19. The topological polar surface area (TPSA) is 62.1 Å². The normalized spacial score (nSPS) is 9.90. The fourth-order valence-electron chi connectivity index (χ4n) is 1.73. The Balaban J connectivity index is 2.26. The van der Waals surface area contributed by atoms with Gasteiger partial charge in [0.15, 0.2) is 0 Å². The summed E-state index contributed by atoms with van der Waals surface area (Å²) in [5.41, 5.74) is 2.15. The average molecular weight is 286 g/mol. The van der Waals surface area contributed by atoms with E-state index in [9.17, 15) is 4.79 Å². The quantitative estimate of drug-likeness (QED) is 0.939. The number of thiophene rings is 1. The maximum atomic E-state index is 12.2. The Morgan fingerprint density at radius 1 is 1.35 bits per heavy atom. The molecule has 0 spiro atoms. The highest BCUT2D eigenvalue weighted by Gasteiger charge is 2.13. The minimum absolute atomic E-state index is 0.172. The number of nitriles is 1. The highest BCUT2D eigenvalue weighted by molar-refractivity contribution is 7.14. The number of carbonyl (C=O) groups excluding carboxylic acids is 1. The largest absolute Gasteiger partial charge is 0.495 e. The molecule has 1 heterocycles. The number of methoxy groups -OCH3 is 1. The third-order valence-corrected chi connectivity index (χ3v) is 4.12. The van der Waals surface area contributed by atoms with Crippen LogP contribution in [0, 0.1) is 25.2 Å². The fraction of sp³-hybridized carbons (Fsp3) is 0.200. The van der Waals surface area contributed by atoms with Crippen molar-refractivity contribution in [1.82, 2.24) is 0 Å². The molecule has 0 saturated heterocycles. The van der Waals surface area contributed by atoms with Crippen LogP contribution in [0.2, 0.25) is 0 Å². The van der Waals surface area contributed by atoms with E-state index in [0.29, 0.717) is 21.9 Å². The van der Waals surface area contributed by atoms with Gasteiger partial charge in [0.25, 0.3) is 5.91 Å². The second kappa shape index (κ2) is 5.76. The van der Waals surface area contributed by atoms with Gasteiger partial charge in [-0.25, -0.2) is 0 Å². The van der Waals surface area contributed by atoms with Gasteiger partial charge in [-0.1, -0.05) is 0 Å². The molecule has 0 atom stereocenters. The number of benzene rings is 1. The molecule has 5 heteroatoms. The van der Waals surface area contributed by atoms with Gasteiger partial charge >= 0.3 is 0 Å². The van der Waals surface area contributed by atoms with Gasteiger partial charge in [0.2, 0.25) is 0 Å². The second-order valence-corrected chi connectivity index (χ2v) is 5.59. The van der Waals surface area contributed by atoms with Crippen LogP contribution < -0.4 is 10.1 Å². The van der Waals surface area contributed by atoms with E-state index in [0.717, 1.165) is 10.4 Å². The Kier molecular flexibility index (Phi) is 4.06. The lowest BCUT2D eigenvalue weighted by Gasteiger charge is -2.09. The van der Waals surface area contributed by atoms with Crippen molar-refractivity contribution in [2.45, 2.75) is 13.8 Å². The minimum Gasteiger partial charge on any atom is -0.495 e. The number of ether oxygens (including phenoxy) is 1. The molecule has 0 fully saturated rings. The van der Waals surface area contributed by atoms with Crippen LogP contribution in [0.3, 0.4) is 0 Å². The van der Waals surface area contributed by atoms with E-state index in [4.69, 9.17) is 10.00 Å². The van der Waals surface area contributed by atoms with E-state index in [1.807, 2.05) is 26.0 Å². The molecule has 1 amide bonds. The number of aryl methyl sites for hydroxylation is 2. The zero-order valence-corrected chi connectivity index (χ0v) is 12.3. The first-order valence-electron chi connectivity index (χ1n) is 6.01. The minimum atomic E-state index is -0.172. The molecule has 1 N–H and O–H groups in total. The lowest BCUT2D eigenvalue weighted by molar-refractivity contribution is 0.103. The van der Waals surface area contributed by atoms with Gasteiger partial charge in [-0.2, -0.15) is 5.26 Å². The van der Waals surface area contributed by atoms with Crippen molar-refractivity contribution in [1.29, 1.82) is 5.26 Å². The van der Waals surface area contributed by atoms with Gasteiger partial charge in [0.1, 0.15) is 5.75 Å². The molecule has 0 radical (unpaired) electrons. The first-order chi connectivity index (χ1) is 9.55.